The fraction of sp³-hybridized carbons (Fsp3) is 0.286. The number of nitrogens with one attached hydrogen (secondary N) is 4. The molecule has 0 unspecified atom stereocenters. The molecule has 0 spiro atoms. The van der Waals surface area contributed by atoms with Gasteiger partial charge in [0.25, 0.3) is 5.91 Å². The van der Waals surface area contributed by atoms with E-state index in [1.165, 1.54) is 25.4 Å². The van der Waals surface area contributed by atoms with Crippen LogP contribution in [0.1, 0.15) is 10.4 Å². The molecule has 4 N–H and O–H groups in total. The number of nitrogens with zero attached hydrogens (tertiary/aromatic N) is 3. The third-order valence-electron chi connectivity index (χ3n) is 6.20. The number of hydrogen-bond acceptors (Lipinski definition) is 11. The molecule has 1 saturated heterocycles. The molecule has 4 rings (SSSR count). The number of anilines is 5. The summed E-state index contributed by atoms with van der Waals surface area (Å²) in [5.74, 6) is -0.375. The van der Waals surface area contributed by atoms with Crippen molar-refractivity contribution in [1.29, 1.82) is 0 Å². The third-order valence-corrected chi connectivity index (χ3v) is 7.07. The van der Waals surface area contributed by atoms with Gasteiger partial charge in [-0.25, -0.2) is 13.4 Å². The Morgan fingerprint density at radius 2 is 1.86 bits per heavy atom. The predicted molar refractivity (Wildman–Crippen MR) is 168 cm³/mol. The zero-order valence-corrected chi connectivity index (χ0v) is 25.6. The maximum atomic E-state index is 13.1. The minimum Gasteiger partial charge on any atom is -0.494 e. The molecule has 234 valence electrons. The van der Waals surface area contributed by atoms with Crippen LogP contribution in [0.2, 0.25) is 5.02 Å². The van der Waals surface area contributed by atoms with Crippen molar-refractivity contribution in [3.05, 3.63) is 65.8 Å². The van der Waals surface area contributed by atoms with E-state index in [9.17, 15) is 18.0 Å². The molecule has 3 aromatic rings. The first-order valence-electron chi connectivity index (χ1n) is 13.3. The minimum absolute atomic E-state index is 0.0346. The molecule has 0 radical (unpaired) electrons. The standard InChI is InChI=1S/C28H32ClN7O7S/c1-4-25(37)31-22-15-21(23(41-2)16-24(22)43-14-11-36-9-12-42-13-10-36)32-28-30-17-19(29)26(34-28)33-27(38)18-7-5-6-8-20(18)35-44(3,39)40/h4-8,15-17,35H,1,9-14H2,2-3H3,(H,31,37)(H2,30,32,33,34,38). The van der Waals surface area contributed by atoms with Gasteiger partial charge in [0.05, 0.1) is 55.4 Å². The summed E-state index contributed by atoms with van der Waals surface area (Å²) in [7, 11) is -2.17. The molecular formula is C28H32ClN7O7S. The molecule has 1 aromatic heterocycles. The maximum absolute atomic E-state index is 13.1. The van der Waals surface area contributed by atoms with E-state index in [0.29, 0.717) is 49.2 Å². The lowest BCUT2D eigenvalue weighted by atomic mass is 10.1. The Balaban J connectivity index is 1.56. The van der Waals surface area contributed by atoms with Crippen LogP contribution in [0.4, 0.5) is 28.8 Å². The largest absolute Gasteiger partial charge is 0.494 e. The van der Waals surface area contributed by atoms with Crippen molar-refractivity contribution in [2.45, 2.75) is 0 Å². The van der Waals surface area contributed by atoms with Crippen molar-refractivity contribution in [2.75, 3.05) is 73.5 Å². The molecule has 1 aliphatic rings. The number of morpholine rings is 1. The summed E-state index contributed by atoms with van der Waals surface area (Å²) in [6, 6.07) is 9.28. The van der Waals surface area contributed by atoms with Crippen molar-refractivity contribution in [3.63, 3.8) is 0 Å². The first kappa shape index (κ1) is 32.5. The van der Waals surface area contributed by atoms with Crippen molar-refractivity contribution < 1.29 is 32.2 Å². The summed E-state index contributed by atoms with van der Waals surface area (Å²) >= 11 is 6.27. The Labute approximate surface area is 259 Å². The Morgan fingerprint density at radius 3 is 2.57 bits per heavy atom. The van der Waals surface area contributed by atoms with Crippen molar-refractivity contribution in [3.8, 4) is 11.5 Å². The molecule has 0 aliphatic carbocycles. The predicted octanol–water partition coefficient (Wildman–Crippen LogP) is 3.34. The molecule has 0 atom stereocenters. The summed E-state index contributed by atoms with van der Waals surface area (Å²) in [6.07, 6.45) is 3.40. The number of methoxy groups -OCH3 is 1. The van der Waals surface area contributed by atoms with Crippen molar-refractivity contribution in [1.82, 2.24) is 14.9 Å². The van der Waals surface area contributed by atoms with Crippen LogP contribution in [0.3, 0.4) is 0 Å². The van der Waals surface area contributed by atoms with E-state index in [0.717, 1.165) is 25.4 Å². The van der Waals surface area contributed by atoms with Crippen LogP contribution in [0.25, 0.3) is 0 Å². The topological polar surface area (TPSA) is 173 Å². The highest BCUT2D eigenvalue weighted by Gasteiger charge is 2.19. The summed E-state index contributed by atoms with van der Waals surface area (Å²) in [6.45, 7) is 7.49. The second kappa shape index (κ2) is 14.8. The van der Waals surface area contributed by atoms with Crippen LogP contribution in [0, 0.1) is 0 Å². The van der Waals surface area contributed by atoms with E-state index in [-0.39, 0.29) is 28.0 Å². The molecule has 2 heterocycles. The third kappa shape index (κ3) is 9.03. The molecule has 2 aromatic carbocycles. The molecule has 0 saturated carbocycles. The summed E-state index contributed by atoms with van der Waals surface area (Å²) < 4.78 is 42.8. The first-order valence-corrected chi connectivity index (χ1v) is 15.6. The normalized spacial score (nSPS) is 13.4. The lowest BCUT2D eigenvalue weighted by Crippen LogP contribution is -2.38. The number of rotatable bonds is 13. The number of halogens is 1. The number of sulfonamides is 1. The number of ether oxygens (including phenoxy) is 3. The smallest absolute Gasteiger partial charge is 0.258 e. The quantitative estimate of drug-likeness (QED) is 0.201. The van der Waals surface area contributed by atoms with Crippen molar-refractivity contribution in [2.24, 2.45) is 0 Å². The Bertz CT molecular complexity index is 1630. The minimum atomic E-state index is -3.64. The maximum Gasteiger partial charge on any atom is 0.258 e. The lowest BCUT2D eigenvalue weighted by molar-refractivity contribution is -0.111. The first-order chi connectivity index (χ1) is 21.1. The average Bonchev–Trinajstić information content (AvgIpc) is 2.99. The van der Waals surface area contributed by atoms with Gasteiger partial charge in [-0.3, -0.25) is 19.2 Å². The number of aromatic nitrogens is 2. The summed E-state index contributed by atoms with van der Waals surface area (Å²) in [5, 5.41) is 8.36. The van der Waals surface area contributed by atoms with E-state index in [4.69, 9.17) is 25.8 Å². The lowest BCUT2D eigenvalue weighted by Gasteiger charge is -2.26. The van der Waals surface area contributed by atoms with Crippen LogP contribution in [0.5, 0.6) is 11.5 Å². The number of carbonyl (C=O) groups excluding carboxylic acids is 2. The van der Waals surface area contributed by atoms with Crippen LogP contribution in [0.15, 0.2) is 55.3 Å². The van der Waals surface area contributed by atoms with Gasteiger partial charge >= 0.3 is 0 Å². The highest BCUT2D eigenvalue weighted by molar-refractivity contribution is 7.92. The monoisotopic (exact) mass is 645 g/mol. The molecule has 14 nitrogen and oxygen atoms in total. The van der Waals surface area contributed by atoms with E-state index in [2.05, 4.69) is 42.1 Å². The number of carbonyl (C=O) groups is 2. The fourth-order valence-corrected chi connectivity index (χ4v) is 4.83. The number of benzene rings is 2. The van der Waals surface area contributed by atoms with Gasteiger partial charge in [0.2, 0.25) is 21.9 Å². The van der Waals surface area contributed by atoms with Crippen LogP contribution in [-0.2, 0) is 19.6 Å². The highest BCUT2D eigenvalue weighted by Crippen LogP contribution is 2.38. The molecule has 44 heavy (non-hydrogen) atoms. The zero-order valence-electron chi connectivity index (χ0n) is 24.1. The van der Waals surface area contributed by atoms with E-state index in [1.807, 2.05) is 0 Å². The Morgan fingerprint density at radius 1 is 1.11 bits per heavy atom. The highest BCUT2D eigenvalue weighted by atomic mass is 35.5. The van der Waals surface area contributed by atoms with E-state index < -0.39 is 21.8 Å². The molecule has 16 heteroatoms. The average molecular weight is 646 g/mol. The molecule has 2 amide bonds. The SMILES string of the molecule is C=CC(=O)Nc1cc(Nc2ncc(Cl)c(NC(=O)c3ccccc3NS(C)(=O)=O)n2)c(OC)cc1OCCN1CCOCC1. The van der Waals surface area contributed by atoms with Gasteiger partial charge in [0.15, 0.2) is 5.82 Å². The number of para-hydroxylation sites is 1. The van der Waals surface area contributed by atoms with Crippen LogP contribution in [-0.4, -0.2) is 87.9 Å². The van der Waals surface area contributed by atoms with Gasteiger partial charge < -0.3 is 30.2 Å². The van der Waals surface area contributed by atoms with E-state index in [1.54, 1.807) is 24.3 Å². The second-order valence-corrected chi connectivity index (χ2v) is 11.6. The molecular weight excluding hydrogens is 614 g/mol. The number of amides is 2. The molecule has 1 fully saturated rings. The summed E-state index contributed by atoms with van der Waals surface area (Å²) in [5.41, 5.74) is 0.852. The van der Waals surface area contributed by atoms with Gasteiger partial charge in [-0.05, 0) is 24.3 Å². The van der Waals surface area contributed by atoms with Gasteiger partial charge in [0.1, 0.15) is 23.1 Å². The van der Waals surface area contributed by atoms with Gasteiger partial charge in [-0.1, -0.05) is 30.3 Å². The van der Waals surface area contributed by atoms with Crippen molar-refractivity contribution >= 4 is 62.3 Å². The van der Waals surface area contributed by atoms with Gasteiger partial charge in [-0.2, -0.15) is 4.98 Å². The molecule has 1 aliphatic heterocycles. The van der Waals surface area contributed by atoms with Crippen LogP contribution >= 0.6 is 11.6 Å². The Kier molecular flexibility index (Phi) is 10.9. The second-order valence-electron chi connectivity index (χ2n) is 9.43. The summed E-state index contributed by atoms with van der Waals surface area (Å²) in [4.78, 5) is 36.0. The zero-order chi connectivity index (χ0) is 31.7. The van der Waals surface area contributed by atoms with Gasteiger partial charge in [-0.15, -0.1) is 0 Å². The van der Waals surface area contributed by atoms with Crippen LogP contribution < -0.4 is 30.1 Å². The van der Waals surface area contributed by atoms with E-state index >= 15 is 0 Å². The molecule has 0 bridgehead atoms. The van der Waals surface area contributed by atoms with Gasteiger partial charge in [0, 0.05) is 25.7 Å². The fourth-order valence-electron chi connectivity index (χ4n) is 4.12. The Hall–Kier alpha value is -4.44. The number of hydrogen-bond donors (Lipinski definition) is 4.